The van der Waals surface area contributed by atoms with E-state index in [4.69, 9.17) is 5.11 Å². The number of nitrogens with one attached hydrogen (secondary N) is 2. The highest BCUT2D eigenvalue weighted by Gasteiger charge is 2.38. The Labute approximate surface area is 172 Å². The number of aromatic nitrogens is 2. The minimum Gasteiger partial charge on any atom is -0.395 e. The van der Waals surface area contributed by atoms with Gasteiger partial charge in [-0.2, -0.15) is 31.3 Å². The molecule has 0 atom stereocenters. The van der Waals surface area contributed by atoms with Crippen molar-refractivity contribution in [3.63, 3.8) is 0 Å². The molecule has 3 rings (SSSR count). The summed E-state index contributed by atoms with van der Waals surface area (Å²) in [5.74, 6) is -0.0436. The molecule has 0 aliphatic carbocycles. The third-order valence-corrected chi connectivity index (χ3v) is 4.11. The maximum Gasteiger partial charge on any atom is 0.418 e. The third kappa shape index (κ3) is 5.63. The summed E-state index contributed by atoms with van der Waals surface area (Å²) in [4.78, 5) is 8.31. The summed E-state index contributed by atoms with van der Waals surface area (Å²) in [7, 11) is 0. The first-order valence-corrected chi connectivity index (χ1v) is 8.92. The fraction of sp³-hybridized carbons (Fsp3) is 0.200. The van der Waals surface area contributed by atoms with Gasteiger partial charge in [-0.25, -0.2) is 4.98 Å². The molecule has 0 saturated heterocycles. The molecule has 1 heterocycles. The standard InChI is InChI=1S/C20H16F6N4O/c21-19(22,23)13-6-7-15(14(10-13)20(24,25)26)28-17-11-16(12-4-2-1-3-5-12)29-18(30-17)27-8-9-31/h1-7,10-11,31H,8-9H2,(H2,27,28,29,30). The number of benzene rings is 2. The number of nitrogens with zero attached hydrogens (tertiary/aromatic N) is 2. The molecular weight excluding hydrogens is 426 g/mol. The van der Waals surface area contributed by atoms with Crippen LogP contribution in [0.4, 0.5) is 43.8 Å². The zero-order valence-electron chi connectivity index (χ0n) is 15.7. The van der Waals surface area contributed by atoms with Crippen molar-refractivity contribution >= 4 is 17.5 Å². The number of aliphatic hydroxyl groups excluding tert-OH is 1. The first-order chi connectivity index (χ1) is 14.6. The summed E-state index contributed by atoms with van der Waals surface area (Å²) in [5, 5.41) is 14.2. The summed E-state index contributed by atoms with van der Waals surface area (Å²) in [6.45, 7) is -0.148. The Hall–Kier alpha value is -3.34. The summed E-state index contributed by atoms with van der Waals surface area (Å²) >= 11 is 0. The van der Waals surface area contributed by atoms with Crippen LogP contribution in [0.15, 0.2) is 54.6 Å². The molecule has 2 aromatic carbocycles. The van der Waals surface area contributed by atoms with Crippen LogP contribution in [0.5, 0.6) is 0 Å². The Morgan fingerprint density at radius 3 is 2.16 bits per heavy atom. The van der Waals surface area contributed by atoms with Crippen LogP contribution >= 0.6 is 0 Å². The lowest BCUT2D eigenvalue weighted by Gasteiger charge is -2.17. The summed E-state index contributed by atoms with van der Waals surface area (Å²) < 4.78 is 79.0. The van der Waals surface area contributed by atoms with E-state index in [1.165, 1.54) is 6.07 Å². The molecule has 0 bridgehead atoms. The quantitative estimate of drug-likeness (QED) is 0.451. The highest BCUT2D eigenvalue weighted by Crippen LogP contribution is 2.40. The maximum atomic E-state index is 13.4. The van der Waals surface area contributed by atoms with Gasteiger partial charge in [0.25, 0.3) is 0 Å². The van der Waals surface area contributed by atoms with Crippen LogP contribution in [0.2, 0.25) is 0 Å². The molecule has 164 valence electrons. The van der Waals surface area contributed by atoms with Crippen LogP contribution in [0, 0.1) is 0 Å². The molecule has 0 radical (unpaired) electrons. The van der Waals surface area contributed by atoms with E-state index < -0.39 is 29.2 Å². The lowest BCUT2D eigenvalue weighted by Crippen LogP contribution is -2.14. The largest absolute Gasteiger partial charge is 0.418 e. The van der Waals surface area contributed by atoms with Crippen LogP contribution in [-0.2, 0) is 12.4 Å². The normalized spacial score (nSPS) is 12.0. The van der Waals surface area contributed by atoms with E-state index in [9.17, 15) is 26.3 Å². The average molecular weight is 442 g/mol. The Bertz CT molecular complexity index is 1040. The van der Waals surface area contributed by atoms with Crippen molar-refractivity contribution in [3.05, 3.63) is 65.7 Å². The van der Waals surface area contributed by atoms with Crippen LogP contribution in [0.25, 0.3) is 11.3 Å². The highest BCUT2D eigenvalue weighted by atomic mass is 19.4. The number of rotatable bonds is 6. The van der Waals surface area contributed by atoms with E-state index in [0.29, 0.717) is 23.4 Å². The number of alkyl halides is 6. The monoisotopic (exact) mass is 442 g/mol. The smallest absolute Gasteiger partial charge is 0.395 e. The van der Waals surface area contributed by atoms with Gasteiger partial charge in [-0.3, -0.25) is 0 Å². The second-order valence-corrected chi connectivity index (χ2v) is 6.36. The summed E-state index contributed by atoms with van der Waals surface area (Å²) in [6.07, 6.45) is -9.95. The molecule has 0 saturated carbocycles. The van der Waals surface area contributed by atoms with Crippen LogP contribution in [0.1, 0.15) is 11.1 Å². The topological polar surface area (TPSA) is 70.1 Å². The van der Waals surface area contributed by atoms with Gasteiger partial charge in [0.05, 0.1) is 29.1 Å². The van der Waals surface area contributed by atoms with Gasteiger partial charge in [0.15, 0.2) is 0 Å². The van der Waals surface area contributed by atoms with Gasteiger partial charge in [0.1, 0.15) is 5.82 Å². The minimum absolute atomic E-state index is 0.0263. The van der Waals surface area contributed by atoms with E-state index in [0.717, 1.165) is 0 Å². The molecule has 11 heteroatoms. The molecule has 0 aliphatic rings. The van der Waals surface area contributed by atoms with Gasteiger partial charge in [-0.05, 0) is 18.2 Å². The molecule has 3 aromatic rings. The molecule has 0 unspecified atom stereocenters. The Kier molecular flexibility index (Phi) is 6.34. The molecule has 0 aliphatic heterocycles. The Morgan fingerprint density at radius 2 is 1.55 bits per heavy atom. The summed E-state index contributed by atoms with van der Waals surface area (Å²) in [6, 6.07) is 11.4. The number of halogens is 6. The maximum absolute atomic E-state index is 13.4. The highest BCUT2D eigenvalue weighted by molar-refractivity contribution is 5.69. The number of hydrogen-bond acceptors (Lipinski definition) is 5. The van der Waals surface area contributed by atoms with Crippen LogP contribution in [-0.4, -0.2) is 28.2 Å². The van der Waals surface area contributed by atoms with Gasteiger partial charge >= 0.3 is 12.4 Å². The first kappa shape index (κ1) is 22.3. The Balaban J connectivity index is 2.05. The third-order valence-electron chi connectivity index (χ3n) is 4.11. The van der Waals surface area contributed by atoms with Crippen molar-refractivity contribution in [3.8, 4) is 11.3 Å². The van der Waals surface area contributed by atoms with Crippen molar-refractivity contribution in [2.45, 2.75) is 12.4 Å². The molecule has 3 N–H and O–H groups in total. The SMILES string of the molecule is OCCNc1nc(Nc2ccc(C(F)(F)F)cc2C(F)(F)F)cc(-c2ccccc2)n1. The van der Waals surface area contributed by atoms with Gasteiger partial charge < -0.3 is 15.7 Å². The predicted octanol–water partition coefficient (Wildman–Crippen LogP) is 5.33. The van der Waals surface area contributed by atoms with Crippen molar-refractivity contribution in [1.82, 2.24) is 9.97 Å². The van der Waals surface area contributed by atoms with Crippen molar-refractivity contribution < 1.29 is 31.4 Å². The van der Waals surface area contributed by atoms with Crippen molar-refractivity contribution in [2.75, 3.05) is 23.8 Å². The summed E-state index contributed by atoms with van der Waals surface area (Å²) in [5.41, 5.74) is -2.48. The lowest BCUT2D eigenvalue weighted by molar-refractivity contribution is -0.142. The number of aliphatic hydroxyl groups is 1. The van der Waals surface area contributed by atoms with Gasteiger partial charge in [-0.15, -0.1) is 0 Å². The molecule has 5 nitrogen and oxygen atoms in total. The zero-order chi connectivity index (χ0) is 22.6. The van der Waals surface area contributed by atoms with Crippen LogP contribution in [0.3, 0.4) is 0 Å². The van der Waals surface area contributed by atoms with Gasteiger partial charge in [-0.1, -0.05) is 30.3 Å². The first-order valence-electron chi connectivity index (χ1n) is 8.92. The Morgan fingerprint density at radius 1 is 0.839 bits per heavy atom. The van der Waals surface area contributed by atoms with E-state index in [1.54, 1.807) is 30.3 Å². The van der Waals surface area contributed by atoms with Gasteiger partial charge in [0, 0.05) is 18.2 Å². The molecule has 0 fully saturated rings. The van der Waals surface area contributed by atoms with Crippen molar-refractivity contribution in [2.24, 2.45) is 0 Å². The molecule has 0 amide bonds. The second kappa shape index (κ2) is 8.80. The fourth-order valence-electron chi connectivity index (χ4n) is 2.72. The van der Waals surface area contributed by atoms with Crippen LogP contribution < -0.4 is 10.6 Å². The zero-order valence-corrected chi connectivity index (χ0v) is 15.7. The molecule has 1 aromatic heterocycles. The average Bonchev–Trinajstić information content (AvgIpc) is 2.71. The predicted molar refractivity (Wildman–Crippen MR) is 103 cm³/mol. The van der Waals surface area contributed by atoms with Crippen molar-refractivity contribution in [1.29, 1.82) is 0 Å². The minimum atomic E-state index is -5.03. The van der Waals surface area contributed by atoms with E-state index in [2.05, 4.69) is 20.6 Å². The second-order valence-electron chi connectivity index (χ2n) is 6.36. The molecule has 0 spiro atoms. The number of hydrogen-bond donors (Lipinski definition) is 3. The van der Waals surface area contributed by atoms with E-state index in [-0.39, 0.29) is 31.0 Å². The number of anilines is 3. The molecular formula is C20H16F6N4O. The fourth-order valence-corrected chi connectivity index (χ4v) is 2.72. The molecule has 31 heavy (non-hydrogen) atoms. The van der Waals surface area contributed by atoms with E-state index in [1.807, 2.05) is 0 Å². The van der Waals surface area contributed by atoms with E-state index >= 15 is 0 Å². The van der Waals surface area contributed by atoms with Gasteiger partial charge in [0.2, 0.25) is 5.95 Å². The lowest BCUT2D eigenvalue weighted by atomic mass is 10.1.